The van der Waals surface area contributed by atoms with Gasteiger partial charge in [0.15, 0.2) is 0 Å². The lowest BCUT2D eigenvalue weighted by molar-refractivity contribution is -0.132. The predicted molar refractivity (Wildman–Crippen MR) is 112 cm³/mol. The molecule has 2 aromatic carbocycles. The maximum atomic E-state index is 12.8. The van der Waals surface area contributed by atoms with Gasteiger partial charge in [0, 0.05) is 37.0 Å². The van der Waals surface area contributed by atoms with Gasteiger partial charge in [0.1, 0.15) is 0 Å². The van der Waals surface area contributed by atoms with Crippen molar-refractivity contribution >= 4 is 11.8 Å². The summed E-state index contributed by atoms with van der Waals surface area (Å²) in [6, 6.07) is 20.0. The number of likely N-dealkylation sites (tertiary alicyclic amines) is 1. The summed E-state index contributed by atoms with van der Waals surface area (Å²) in [7, 11) is 0. The molecule has 2 aromatic rings. The standard InChI is InChI=1S/C24H30N2O2/c1-2-21(19-11-5-3-6-12-19)22-15-10-18-26(22)23(27)16-9-17-25-24(28)20-13-7-4-8-14-20/h3-8,11-14,21-22H,2,9-10,15-18H2,1H3,(H,25,28)/t21-,22+/m0/s1. The first-order chi connectivity index (χ1) is 13.7. The van der Waals surface area contributed by atoms with E-state index in [9.17, 15) is 9.59 Å². The molecule has 1 N–H and O–H groups in total. The molecule has 1 fully saturated rings. The SMILES string of the molecule is CC[C@@H](c1ccccc1)[C@H]1CCCN1C(=O)CCCNC(=O)c1ccccc1. The van der Waals surface area contributed by atoms with Gasteiger partial charge >= 0.3 is 0 Å². The molecule has 0 saturated carbocycles. The fraction of sp³-hybridized carbons (Fsp3) is 0.417. The smallest absolute Gasteiger partial charge is 0.251 e. The van der Waals surface area contributed by atoms with E-state index in [-0.39, 0.29) is 11.8 Å². The van der Waals surface area contributed by atoms with Crippen LogP contribution in [0.4, 0.5) is 0 Å². The molecule has 2 amide bonds. The topological polar surface area (TPSA) is 49.4 Å². The van der Waals surface area contributed by atoms with Crippen LogP contribution in [0.3, 0.4) is 0 Å². The highest BCUT2D eigenvalue weighted by Crippen LogP contribution is 2.33. The summed E-state index contributed by atoms with van der Waals surface area (Å²) in [6.07, 6.45) is 4.33. The molecule has 1 aliphatic heterocycles. The van der Waals surface area contributed by atoms with E-state index < -0.39 is 0 Å². The Kier molecular flexibility index (Phi) is 7.24. The van der Waals surface area contributed by atoms with Gasteiger partial charge in [-0.2, -0.15) is 0 Å². The van der Waals surface area contributed by atoms with Crippen LogP contribution in [-0.4, -0.2) is 35.8 Å². The van der Waals surface area contributed by atoms with E-state index in [4.69, 9.17) is 0 Å². The van der Waals surface area contributed by atoms with Crippen LogP contribution in [0, 0.1) is 0 Å². The van der Waals surface area contributed by atoms with Crippen LogP contribution in [0.25, 0.3) is 0 Å². The molecule has 0 spiro atoms. The van der Waals surface area contributed by atoms with Gasteiger partial charge in [-0.1, -0.05) is 55.5 Å². The first-order valence-corrected chi connectivity index (χ1v) is 10.4. The number of carbonyl (C=O) groups is 2. The molecule has 3 rings (SSSR count). The Morgan fingerprint density at radius 2 is 1.75 bits per heavy atom. The number of nitrogens with zero attached hydrogens (tertiary/aromatic N) is 1. The minimum absolute atomic E-state index is 0.0813. The lowest BCUT2D eigenvalue weighted by atomic mass is 9.87. The van der Waals surface area contributed by atoms with Crippen LogP contribution in [0.15, 0.2) is 60.7 Å². The van der Waals surface area contributed by atoms with Gasteiger partial charge in [0.25, 0.3) is 5.91 Å². The van der Waals surface area contributed by atoms with Gasteiger partial charge in [-0.3, -0.25) is 9.59 Å². The van der Waals surface area contributed by atoms with Gasteiger partial charge in [-0.05, 0) is 43.4 Å². The van der Waals surface area contributed by atoms with E-state index in [2.05, 4.69) is 41.4 Å². The molecule has 4 heteroatoms. The molecule has 0 aliphatic carbocycles. The van der Waals surface area contributed by atoms with E-state index in [0.29, 0.717) is 36.9 Å². The van der Waals surface area contributed by atoms with Crippen LogP contribution in [0.1, 0.15) is 60.9 Å². The number of rotatable bonds is 8. The van der Waals surface area contributed by atoms with Crippen molar-refractivity contribution in [3.05, 3.63) is 71.8 Å². The molecular formula is C24H30N2O2. The molecular weight excluding hydrogens is 348 g/mol. The van der Waals surface area contributed by atoms with E-state index >= 15 is 0 Å². The zero-order chi connectivity index (χ0) is 19.8. The van der Waals surface area contributed by atoms with Crippen molar-refractivity contribution in [1.29, 1.82) is 0 Å². The summed E-state index contributed by atoms with van der Waals surface area (Å²) in [4.78, 5) is 27.0. The maximum absolute atomic E-state index is 12.8. The Morgan fingerprint density at radius 1 is 1.07 bits per heavy atom. The monoisotopic (exact) mass is 378 g/mol. The van der Waals surface area contributed by atoms with E-state index in [1.165, 1.54) is 5.56 Å². The van der Waals surface area contributed by atoms with Crippen molar-refractivity contribution in [2.45, 2.75) is 51.0 Å². The molecule has 0 radical (unpaired) electrons. The molecule has 148 valence electrons. The van der Waals surface area contributed by atoms with Crippen molar-refractivity contribution in [1.82, 2.24) is 10.2 Å². The number of hydrogen-bond acceptors (Lipinski definition) is 2. The third-order valence-electron chi connectivity index (χ3n) is 5.64. The molecule has 28 heavy (non-hydrogen) atoms. The third kappa shape index (κ3) is 5.00. The molecule has 0 aromatic heterocycles. The van der Waals surface area contributed by atoms with Gasteiger partial charge in [-0.15, -0.1) is 0 Å². The summed E-state index contributed by atoms with van der Waals surface area (Å²) in [5, 5.41) is 2.91. The van der Waals surface area contributed by atoms with Crippen LogP contribution in [0.2, 0.25) is 0 Å². The number of benzene rings is 2. The lowest BCUT2D eigenvalue weighted by Gasteiger charge is -2.32. The zero-order valence-corrected chi connectivity index (χ0v) is 16.6. The van der Waals surface area contributed by atoms with E-state index in [0.717, 1.165) is 25.8 Å². The van der Waals surface area contributed by atoms with Crippen molar-refractivity contribution < 1.29 is 9.59 Å². The third-order valence-corrected chi connectivity index (χ3v) is 5.64. The van der Waals surface area contributed by atoms with Gasteiger partial charge in [0.2, 0.25) is 5.91 Å². The molecule has 0 bridgehead atoms. The van der Waals surface area contributed by atoms with Crippen molar-refractivity contribution in [2.75, 3.05) is 13.1 Å². The Bertz CT molecular complexity index is 761. The van der Waals surface area contributed by atoms with Crippen LogP contribution in [-0.2, 0) is 4.79 Å². The summed E-state index contributed by atoms with van der Waals surface area (Å²) in [5.41, 5.74) is 1.98. The summed E-state index contributed by atoms with van der Waals surface area (Å²) in [6.45, 7) is 3.58. The van der Waals surface area contributed by atoms with Crippen molar-refractivity contribution in [3.8, 4) is 0 Å². The molecule has 4 nitrogen and oxygen atoms in total. The minimum Gasteiger partial charge on any atom is -0.352 e. The number of hydrogen-bond donors (Lipinski definition) is 1. The predicted octanol–water partition coefficient (Wildman–Crippen LogP) is 4.38. The number of amides is 2. The Balaban J connectivity index is 1.50. The highest BCUT2D eigenvalue weighted by molar-refractivity contribution is 5.94. The van der Waals surface area contributed by atoms with Gasteiger partial charge in [0.05, 0.1) is 0 Å². The second-order valence-corrected chi connectivity index (χ2v) is 7.45. The van der Waals surface area contributed by atoms with Crippen LogP contribution in [0.5, 0.6) is 0 Å². The summed E-state index contributed by atoms with van der Waals surface area (Å²) in [5.74, 6) is 0.526. The molecule has 1 aliphatic rings. The first kappa shape index (κ1) is 20.1. The highest BCUT2D eigenvalue weighted by atomic mass is 16.2. The van der Waals surface area contributed by atoms with Crippen molar-refractivity contribution in [3.63, 3.8) is 0 Å². The molecule has 2 atom stereocenters. The molecule has 1 saturated heterocycles. The molecule has 1 heterocycles. The average molecular weight is 379 g/mol. The van der Waals surface area contributed by atoms with Gasteiger partial charge < -0.3 is 10.2 Å². The largest absolute Gasteiger partial charge is 0.352 e. The first-order valence-electron chi connectivity index (χ1n) is 10.4. The van der Waals surface area contributed by atoms with Crippen molar-refractivity contribution in [2.24, 2.45) is 0 Å². The lowest BCUT2D eigenvalue weighted by Crippen LogP contribution is -2.39. The Morgan fingerprint density at radius 3 is 2.43 bits per heavy atom. The van der Waals surface area contributed by atoms with E-state index in [1.54, 1.807) is 12.1 Å². The van der Waals surface area contributed by atoms with E-state index in [1.807, 2.05) is 24.3 Å². The number of nitrogens with one attached hydrogen (secondary N) is 1. The van der Waals surface area contributed by atoms with Crippen LogP contribution >= 0.6 is 0 Å². The maximum Gasteiger partial charge on any atom is 0.251 e. The van der Waals surface area contributed by atoms with Gasteiger partial charge in [-0.25, -0.2) is 0 Å². The normalized spacial score (nSPS) is 17.3. The fourth-order valence-corrected chi connectivity index (χ4v) is 4.23. The highest BCUT2D eigenvalue weighted by Gasteiger charge is 2.34. The zero-order valence-electron chi connectivity index (χ0n) is 16.6. The molecule has 0 unspecified atom stereocenters. The Hall–Kier alpha value is -2.62. The minimum atomic E-state index is -0.0813. The summed E-state index contributed by atoms with van der Waals surface area (Å²) >= 11 is 0. The van der Waals surface area contributed by atoms with Crippen LogP contribution < -0.4 is 5.32 Å². The quantitative estimate of drug-likeness (QED) is 0.693. The second-order valence-electron chi connectivity index (χ2n) is 7.45. The number of carbonyl (C=O) groups excluding carboxylic acids is 2. The summed E-state index contributed by atoms with van der Waals surface area (Å²) < 4.78 is 0. The fourth-order valence-electron chi connectivity index (χ4n) is 4.23. The Labute approximate surface area is 167 Å². The average Bonchev–Trinajstić information content (AvgIpc) is 3.22. The second kappa shape index (κ2) is 10.1.